The molecule has 0 aliphatic rings. The Labute approximate surface area is 127 Å². The van der Waals surface area contributed by atoms with Gasteiger partial charge in [-0.2, -0.15) is 0 Å². The molecule has 7 heteroatoms. The standard InChI is InChI=1S/C12H8ClIN4O/c1-19-9-4-7(2-3-15-9)18-5-8(14)10-11(13)16-6-17-12(10)18/h2-6H,1H3. The van der Waals surface area contributed by atoms with E-state index < -0.39 is 0 Å². The summed E-state index contributed by atoms with van der Waals surface area (Å²) in [6.45, 7) is 0. The first-order chi connectivity index (χ1) is 9.20. The lowest BCUT2D eigenvalue weighted by Gasteiger charge is -2.05. The van der Waals surface area contributed by atoms with Crippen LogP contribution in [0, 0.1) is 3.57 Å². The van der Waals surface area contributed by atoms with Gasteiger partial charge in [-0.05, 0) is 28.7 Å². The minimum absolute atomic E-state index is 0.453. The van der Waals surface area contributed by atoms with Crippen LogP contribution in [-0.2, 0) is 0 Å². The van der Waals surface area contributed by atoms with Gasteiger partial charge >= 0.3 is 0 Å². The molecule has 5 nitrogen and oxygen atoms in total. The highest BCUT2D eigenvalue weighted by atomic mass is 127. The minimum atomic E-state index is 0.453. The monoisotopic (exact) mass is 386 g/mol. The van der Waals surface area contributed by atoms with Crippen molar-refractivity contribution >= 4 is 45.2 Å². The van der Waals surface area contributed by atoms with E-state index in [2.05, 4.69) is 37.5 Å². The number of aromatic nitrogens is 4. The Morgan fingerprint density at radius 3 is 2.95 bits per heavy atom. The molecule has 0 saturated heterocycles. The highest BCUT2D eigenvalue weighted by Crippen LogP contribution is 2.29. The van der Waals surface area contributed by atoms with Crippen LogP contribution in [0.15, 0.2) is 30.9 Å². The third kappa shape index (κ3) is 2.14. The van der Waals surface area contributed by atoms with Gasteiger partial charge in [-0.25, -0.2) is 15.0 Å². The van der Waals surface area contributed by atoms with E-state index in [0.717, 1.165) is 20.3 Å². The van der Waals surface area contributed by atoms with Crippen LogP contribution in [0.4, 0.5) is 0 Å². The molecule has 0 bridgehead atoms. The summed E-state index contributed by atoms with van der Waals surface area (Å²) in [6, 6.07) is 3.72. The van der Waals surface area contributed by atoms with Gasteiger partial charge in [0.1, 0.15) is 11.5 Å². The van der Waals surface area contributed by atoms with Crippen LogP contribution in [0.2, 0.25) is 5.15 Å². The number of fused-ring (bicyclic) bond motifs is 1. The predicted molar refractivity (Wildman–Crippen MR) is 80.9 cm³/mol. The summed E-state index contributed by atoms with van der Waals surface area (Å²) in [4.78, 5) is 12.4. The zero-order chi connectivity index (χ0) is 13.4. The molecule has 0 aliphatic heterocycles. The summed E-state index contributed by atoms with van der Waals surface area (Å²) >= 11 is 8.33. The largest absolute Gasteiger partial charge is 0.481 e. The zero-order valence-corrected chi connectivity index (χ0v) is 12.8. The molecular formula is C12H8ClIN4O. The number of methoxy groups -OCH3 is 1. The van der Waals surface area contributed by atoms with E-state index in [-0.39, 0.29) is 0 Å². The molecule has 0 saturated carbocycles. The molecule has 3 aromatic rings. The van der Waals surface area contributed by atoms with Gasteiger partial charge in [0, 0.05) is 22.0 Å². The first kappa shape index (κ1) is 12.6. The van der Waals surface area contributed by atoms with Gasteiger partial charge in [0.15, 0.2) is 5.65 Å². The molecule has 3 heterocycles. The molecule has 96 valence electrons. The molecule has 3 rings (SSSR count). The van der Waals surface area contributed by atoms with Crippen LogP contribution < -0.4 is 4.74 Å². The number of halogens is 2. The number of hydrogen-bond acceptors (Lipinski definition) is 4. The smallest absolute Gasteiger partial charge is 0.215 e. The lowest BCUT2D eigenvalue weighted by Crippen LogP contribution is -1.96. The Hall–Kier alpha value is -1.41. The fraction of sp³-hybridized carbons (Fsp3) is 0.0833. The van der Waals surface area contributed by atoms with Gasteiger partial charge in [-0.15, -0.1) is 0 Å². The van der Waals surface area contributed by atoms with E-state index in [1.165, 1.54) is 6.33 Å². The Balaban J connectivity index is 2.28. The molecule has 0 aliphatic carbocycles. The minimum Gasteiger partial charge on any atom is -0.481 e. The molecular weight excluding hydrogens is 379 g/mol. The first-order valence-corrected chi connectivity index (χ1v) is 6.84. The van der Waals surface area contributed by atoms with Gasteiger partial charge in [-0.1, -0.05) is 11.6 Å². The average Bonchev–Trinajstić information content (AvgIpc) is 2.78. The number of pyridine rings is 1. The van der Waals surface area contributed by atoms with E-state index in [0.29, 0.717) is 11.0 Å². The van der Waals surface area contributed by atoms with Gasteiger partial charge in [0.25, 0.3) is 0 Å². The Kier molecular flexibility index (Phi) is 3.28. The van der Waals surface area contributed by atoms with Gasteiger partial charge in [-0.3, -0.25) is 4.57 Å². The van der Waals surface area contributed by atoms with Crippen molar-refractivity contribution in [1.82, 2.24) is 19.5 Å². The SMILES string of the molecule is COc1cc(-n2cc(I)c3c(Cl)ncnc32)ccn1. The fourth-order valence-corrected chi connectivity index (χ4v) is 3.00. The third-order valence-electron chi connectivity index (χ3n) is 2.70. The summed E-state index contributed by atoms with van der Waals surface area (Å²) in [5.41, 5.74) is 1.67. The summed E-state index contributed by atoms with van der Waals surface area (Å²) in [5.74, 6) is 0.550. The average molecular weight is 387 g/mol. The van der Waals surface area contributed by atoms with Crippen molar-refractivity contribution in [2.24, 2.45) is 0 Å². The van der Waals surface area contributed by atoms with Crippen molar-refractivity contribution in [2.45, 2.75) is 0 Å². The molecule has 0 amide bonds. The van der Waals surface area contributed by atoms with E-state index in [1.54, 1.807) is 13.3 Å². The normalized spacial score (nSPS) is 10.9. The zero-order valence-electron chi connectivity index (χ0n) is 9.84. The second-order valence-electron chi connectivity index (χ2n) is 3.77. The number of rotatable bonds is 2. The third-order valence-corrected chi connectivity index (χ3v) is 3.80. The van der Waals surface area contributed by atoms with Crippen LogP contribution in [0.25, 0.3) is 16.7 Å². The van der Waals surface area contributed by atoms with Crippen molar-refractivity contribution < 1.29 is 4.74 Å². The maximum absolute atomic E-state index is 6.12. The topological polar surface area (TPSA) is 52.8 Å². The molecule has 0 N–H and O–H groups in total. The maximum atomic E-state index is 6.12. The van der Waals surface area contributed by atoms with Crippen molar-refractivity contribution in [1.29, 1.82) is 0 Å². The van der Waals surface area contributed by atoms with Gasteiger partial charge < -0.3 is 4.74 Å². The van der Waals surface area contributed by atoms with Crippen molar-refractivity contribution in [3.05, 3.63) is 39.6 Å². The van der Waals surface area contributed by atoms with Crippen LogP contribution in [0.5, 0.6) is 5.88 Å². The van der Waals surface area contributed by atoms with Crippen LogP contribution in [0.3, 0.4) is 0 Å². The highest BCUT2D eigenvalue weighted by Gasteiger charge is 2.13. The summed E-state index contributed by atoms with van der Waals surface area (Å²) in [5, 5.41) is 1.30. The lowest BCUT2D eigenvalue weighted by molar-refractivity contribution is 0.397. The molecule has 0 unspecified atom stereocenters. The van der Waals surface area contributed by atoms with E-state index in [9.17, 15) is 0 Å². The fourth-order valence-electron chi connectivity index (χ4n) is 1.84. The van der Waals surface area contributed by atoms with Crippen LogP contribution >= 0.6 is 34.2 Å². The highest BCUT2D eigenvalue weighted by molar-refractivity contribution is 14.1. The Bertz CT molecular complexity index is 759. The summed E-state index contributed by atoms with van der Waals surface area (Å²) in [6.07, 6.45) is 5.10. The van der Waals surface area contributed by atoms with Crippen molar-refractivity contribution in [3.8, 4) is 11.6 Å². The molecule has 0 aromatic carbocycles. The second-order valence-corrected chi connectivity index (χ2v) is 5.29. The predicted octanol–water partition coefficient (Wildman–Crippen LogP) is 3.08. The quantitative estimate of drug-likeness (QED) is 0.502. The molecule has 0 atom stereocenters. The molecule has 0 fully saturated rings. The maximum Gasteiger partial charge on any atom is 0.215 e. The van der Waals surface area contributed by atoms with E-state index in [4.69, 9.17) is 16.3 Å². The second kappa shape index (κ2) is 4.93. The summed E-state index contributed by atoms with van der Waals surface area (Å²) < 4.78 is 8.07. The van der Waals surface area contributed by atoms with Crippen molar-refractivity contribution in [2.75, 3.05) is 7.11 Å². The van der Waals surface area contributed by atoms with Gasteiger partial charge in [0.05, 0.1) is 18.2 Å². The van der Waals surface area contributed by atoms with E-state index in [1.807, 2.05) is 22.9 Å². The van der Waals surface area contributed by atoms with Gasteiger partial charge in [0.2, 0.25) is 5.88 Å². The summed E-state index contributed by atoms with van der Waals surface area (Å²) in [7, 11) is 1.59. The number of hydrogen-bond donors (Lipinski definition) is 0. The molecule has 19 heavy (non-hydrogen) atoms. The number of nitrogens with zero attached hydrogens (tertiary/aromatic N) is 4. The lowest BCUT2D eigenvalue weighted by atomic mass is 10.4. The Morgan fingerprint density at radius 2 is 2.16 bits per heavy atom. The molecule has 0 radical (unpaired) electrons. The van der Waals surface area contributed by atoms with Crippen molar-refractivity contribution in [3.63, 3.8) is 0 Å². The first-order valence-electron chi connectivity index (χ1n) is 5.38. The Morgan fingerprint density at radius 1 is 1.32 bits per heavy atom. The number of ether oxygens (including phenoxy) is 1. The van der Waals surface area contributed by atoms with E-state index >= 15 is 0 Å². The molecule has 3 aromatic heterocycles. The van der Waals surface area contributed by atoms with Crippen LogP contribution in [0.1, 0.15) is 0 Å². The van der Waals surface area contributed by atoms with Crippen LogP contribution in [-0.4, -0.2) is 26.6 Å². The molecule has 0 spiro atoms.